The molecule has 0 unspecified atom stereocenters. The molecule has 1 heterocycles. The highest BCUT2D eigenvalue weighted by molar-refractivity contribution is 7.98. The Morgan fingerprint density at radius 2 is 2.00 bits per heavy atom. The molecular formula is C15H22FNS. The van der Waals surface area contributed by atoms with E-state index in [9.17, 15) is 4.39 Å². The highest BCUT2D eigenvalue weighted by Gasteiger charge is 2.20. The van der Waals surface area contributed by atoms with Crippen LogP contribution in [0.15, 0.2) is 23.1 Å². The van der Waals surface area contributed by atoms with Crippen molar-refractivity contribution in [2.45, 2.75) is 37.0 Å². The lowest BCUT2D eigenvalue weighted by Gasteiger charge is -2.32. The molecule has 0 bridgehead atoms. The first kappa shape index (κ1) is 13.9. The summed E-state index contributed by atoms with van der Waals surface area (Å²) in [5.41, 5.74) is 1.19. The molecule has 0 aliphatic carbocycles. The molecule has 0 atom stereocenters. The van der Waals surface area contributed by atoms with E-state index >= 15 is 0 Å². The second-order valence-corrected chi connectivity index (χ2v) is 5.92. The summed E-state index contributed by atoms with van der Waals surface area (Å²) < 4.78 is 13.5. The van der Waals surface area contributed by atoms with E-state index in [2.05, 4.69) is 17.9 Å². The Hall–Kier alpha value is -0.540. The van der Waals surface area contributed by atoms with Crippen molar-refractivity contribution < 1.29 is 4.39 Å². The van der Waals surface area contributed by atoms with Crippen LogP contribution in [0, 0.1) is 5.82 Å². The fourth-order valence-electron chi connectivity index (χ4n) is 2.74. The number of piperidine rings is 1. The van der Waals surface area contributed by atoms with Crippen molar-refractivity contribution >= 4 is 11.8 Å². The minimum Gasteiger partial charge on any atom is -0.303 e. The average molecular weight is 267 g/mol. The molecule has 100 valence electrons. The lowest BCUT2D eigenvalue weighted by atomic mass is 9.89. The van der Waals surface area contributed by atoms with E-state index < -0.39 is 0 Å². The summed E-state index contributed by atoms with van der Waals surface area (Å²) in [6.07, 6.45) is 5.55. The highest BCUT2D eigenvalue weighted by Crippen LogP contribution is 2.31. The number of likely N-dealkylation sites (tertiary alicyclic amines) is 1. The van der Waals surface area contributed by atoms with Crippen LogP contribution >= 0.6 is 11.8 Å². The number of thioether (sulfide) groups is 1. The second kappa shape index (κ2) is 6.58. The van der Waals surface area contributed by atoms with Gasteiger partial charge in [0.25, 0.3) is 0 Å². The van der Waals surface area contributed by atoms with Crippen molar-refractivity contribution in [2.75, 3.05) is 25.9 Å². The van der Waals surface area contributed by atoms with Crippen LogP contribution in [0.5, 0.6) is 0 Å². The molecule has 0 saturated carbocycles. The Kier molecular flexibility index (Phi) is 5.07. The maximum absolute atomic E-state index is 13.5. The molecule has 1 aliphatic heterocycles. The van der Waals surface area contributed by atoms with Crippen molar-refractivity contribution in [2.24, 2.45) is 0 Å². The van der Waals surface area contributed by atoms with E-state index in [1.165, 1.54) is 18.5 Å². The van der Waals surface area contributed by atoms with E-state index in [0.717, 1.165) is 30.8 Å². The Balaban J connectivity index is 2.02. The topological polar surface area (TPSA) is 3.24 Å². The number of benzene rings is 1. The molecule has 0 radical (unpaired) electrons. The zero-order valence-electron chi connectivity index (χ0n) is 11.3. The van der Waals surface area contributed by atoms with Crippen molar-refractivity contribution in [1.82, 2.24) is 4.90 Å². The van der Waals surface area contributed by atoms with Gasteiger partial charge in [-0.25, -0.2) is 4.39 Å². The van der Waals surface area contributed by atoms with E-state index in [0.29, 0.717) is 5.92 Å². The fourth-order valence-corrected chi connectivity index (χ4v) is 3.23. The summed E-state index contributed by atoms with van der Waals surface area (Å²) >= 11 is 1.62. The summed E-state index contributed by atoms with van der Waals surface area (Å²) in [6, 6.07) is 5.51. The van der Waals surface area contributed by atoms with Gasteiger partial charge in [0, 0.05) is 4.90 Å². The number of hydrogen-bond donors (Lipinski definition) is 0. The van der Waals surface area contributed by atoms with Crippen LogP contribution in [-0.2, 0) is 0 Å². The third-order valence-corrected chi connectivity index (χ3v) is 4.44. The van der Waals surface area contributed by atoms with Gasteiger partial charge in [0.05, 0.1) is 0 Å². The molecular weight excluding hydrogens is 245 g/mol. The fraction of sp³-hybridized carbons (Fsp3) is 0.600. The second-order valence-electron chi connectivity index (χ2n) is 5.04. The van der Waals surface area contributed by atoms with Crippen molar-refractivity contribution in [3.05, 3.63) is 29.6 Å². The monoisotopic (exact) mass is 267 g/mol. The summed E-state index contributed by atoms with van der Waals surface area (Å²) in [6.45, 7) is 5.74. The van der Waals surface area contributed by atoms with Crippen LogP contribution in [0.25, 0.3) is 0 Å². The molecule has 1 aliphatic rings. The van der Waals surface area contributed by atoms with Gasteiger partial charge >= 0.3 is 0 Å². The Morgan fingerprint density at radius 1 is 1.28 bits per heavy atom. The van der Waals surface area contributed by atoms with Crippen molar-refractivity contribution in [3.63, 3.8) is 0 Å². The van der Waals surface area contributed by atoms with Gasteiger partial charge in [-0.05, 0) is 74.8 Å². The van der Waals surface area contributed by atoms with Gasteiger partial charge in [0.15, 0.2) is 0 Å². The molecule has 1 saturated heterocycles. The SMILES string of the molecule is CCCN1CCC(c2cc(F)cc(SC)c2)CC1. The van der Waals surface area contributed by atoms with Crippen LogP contribution in [0.1, 0.15) is 37.7 Å². The minimum absolute atomic E-state index is 0.0900. The number of halogens is 1. The van der Waals surface area contributed by atoms with Crippen LogP contribution < -0.4 is 0 Å². The zero-order valence-corrected chi connectivity index (χ0v) is 12.1. The third-order valence-electron chi connectivity index (χ3n) is 3.73. The lowest BCUT2D eigenvalue weighted by Crippen LogP contribution is -2.33. The van der Waals surface area contributed by atoms with Crippen molar-refractivity contribution in [1.29, 1.82) is 0 Å². The summed E-state index contributed by atoms with van der Waals surface area (Å²) in [4.78, 5) is 3.56. The van der Waals surface area contributed by atoms with Gasteiger partial charge in [0.1, 0.15) is 5.82 Å². The molecule has 0 aromatic heterocycles. The molecule has 1 aromatic rings. The smallest absolute Gasteiger partial charge is 0.124 e. The van der Waals surface area contributed by atoms with Gasteiger partial charge < -0.3 is 4.90 Å². The summed E-state index contributed by atoms with van der Waals surface area (Å²) in [5, 5.41) is 0. The first-order valence-corrected chi connectivity index (χ1v) is 8.02. The average Bonchev–Trinajstić information content (AvgIpc) is 2.39. The molecule has 18 heavy (non-hydrogen) atoms. The van der Waals surface area contributed by atoms with Gasteiger partial charge in [-0.3, -0.25) is 0 Å². The molecule has 1 nitrogen and oxygen atoms in total. The van der Waals surface area contributed by atoms with Crippen LogP contribution in [0.3, 0.4) is 0 Å². The highest BCUT2D eigenvalue weighted by atomic mass is 32.2. The first-order chi connectivity index (χ1) is 8.72. The predicted octanol–water partition coefficient (Wildman–Crippen LogP) is 4.14. The Labute approximate surface area is 114 Å². The van der Waals surface area contributed by atoms with Crippen LogP contribution in [-0.4, -0.2) is 30.8 Å². The minimum atomic E-state index is -0.0900. The van der Waals surface area contributed by atoms with E-state index in [4.69, 9.17) is 0 Å². The molecule has 1 aromatic carbocycles. The maximum atomic E-state index is 13.5. The quantitative estimate of drug-likeness (QED) is 0.754. The van der Waals surface area contributed by atoms with Gasteiger partial charge in [-0.15, -0.1) is 11.8 Å². The standard InChI is InChI=1S/C15H22FNS/c1-3-6-17-7-4-12(5-8-17)13-9-14(16)11-15(10-13)18-2/h9-12H,3-8H2,1-2H3. The summed E-state index contributed by atoms with van der Waals surface area (Å²) in [5.74, 6) is 0.451. The predicted molar refractivity (Wildman–Crippen MR) is 76.9 cm³/mol. The van der Waals surface area contributed by atoms with Crippen LogP contribution in [0.2, 0.25) is 0 Å². The Bertz CT molecular complexity index is 386. The normalized spacial score (nSPS) is 18.2. The lowest BCUT2D eigenvalue weighted by molar-refractivity contribution is 0.212. The molecule has 0 amide bonds. The molecule has 0 N–H and O–H groups in total. The van der Waals surface area contributed by atoms with Crippen molar-refractivity contribution in [3.8, 4) is 0 Å². The van der Waals surface area contributed by atoms with E-state index in [1.54, 1.807) is 23.9 Å². The maximum Gasteiger partial charge on any atom is 0.124 e. The zero-order chi connectivity index (χ0) is 13.0. The number of rotatable bonds is 4. The third kappa shape index (κ3) is 3.48. The van der Waals surface area contributed by atoms with Gasteiger partial charge in [-0.2, -0.15) is 0 Å². The molecule has 3 heteroatoms. The Morgan fingerprint density at radius 3 is 2.61 bits per heavy atom. The van der Waals surface area contributed by atoms with E-state index in [1.807, 2.05) is 6.26 Å². The largest absolute Gasteiger partial charge is 0.303 e. The number of nitrogens with zero attached hydrogens (tertiary/aromatic N) is 1. The number of hydrogen-bond acceptors (Lipinski definition) is 2. The molecule has 2 rings (SSSR count). The van der Waals surface area contributed by atoms with Gasteiger partial charge in [0.2, 0.25) is 0 Å². The summed E-state index contributed by atoms with van der Waals surface area (Å²) in [7, 11) is 0. The molecule has 0 spiro atoms. The van der Waals surface area contributed by atoms with Crippen LogP contribution in [0.4, 0.5) is 4.39 Å². The van der Waals surface area contributed by atoms with Gasteiger partial charge in [-0.1, -0.05) is 6.92 Å². The first-order valence-electron chi connectivity index (χ1n) is 6.79. The van der Waals surface area contributed by atoms with E-state index in [-0.39, 0.29) is 5.82 Å². The molecule has 1 fully saturated rings.